The molecule has 102 valence electrons. The van der Waals surface area contributed by atoms with E-state index in [0.29, 0.717) is 0 Å². The average Bonchev–Trinajstić information content (AvgIpc) is 2.64. The maximum atomic E-state index is 9.32. The minimum Gasteiger partial charge on any atom is -0.356 e. The van der Waals surface area contributed by atoms with Gasteiger partial charge in [0, 0.05) is 19.3 Å². The zero-order chi connectivity index (χ0) is 13.7. The van der Waals surface area contributed by atoms with Gasteiger partial charge in [-0.1, -0.05) is 19.8 Å². The summed E-state index contributed by atoms with van der Waals surface area (Å²) < 4.78 is 0. The number of aromatic nitrogens is 1. The third-order valence-electron chi connectivity index (χ3n) is 4.10. The van der Waals surface area contributed by atoms with Gasteiger partial charge < -0.3 is 4.90 Å². The summed E-state index contributed by atoms with van der Waals surface area (Å²) in [4.78, 5) is 6.76. The normalized spacial score (nSPS) is 19.8. The van der Waals surface area contributed by atoms with Gasteiger partial charge in [-0.05, 0) is 43.7 Å². The Balaban J connectivity index is 2.15. The van der Waals surface area contributed by atoms with Crippen LogP contribution >= 0.6 is 0 Å². The highest BCUT2D eigenvalue weighted by Crippen LogP contribution is 2.27. The minimum atomic E-state index is 0.747. The molecule has 1 aromatic rings. The maximum Gasteiger partial charge on any atom is 0.146 e. The topological polar surface area (TPSA) is 39.9 Å². The van der Waals surface area contributed by atoms with Crippen molar-refractivity contribution in [2.75, 3.05) is 18.0 Å². The number of hydrogen-bond donors (Lipinski definition) is 0. The second-order valence-corrected chi connectivity index (χ2v) is 5.51. The van der Waals surface area contributed by atoms with Gasteiger partial charge in [-0.15, -0.1) is 0 Å². The molecule has 1 aliphatic heterocycles. The fourth-order valence-electron chi connectivity index (χ4n) is 3.00. The van der Waals surface area contributed by atoms with Crippen molar-refractivity contribution in [2.24, 2.45) is 5.92 Å². The molecule has 3 heteroatoms. The summed E-state index contributed by atoms with van der Waals surface area (Å²) in [6.07, 6.45) is 8.19. The van der Waals surface area contributed by atoms with Gasteiger partial charge in [0.15, 0.2) is 0 Å². The molecule has 0 aliphatic carbocycles. The van der Waals surface area contributed by atoms with Crippen LogP contribution < -0.4 is 4.90 Å². The van der Waals surface area contributed by atoms with Gasteiger partial charge in [-0.2, -0.15) is 5.26 Å². The van der Waals surface area contributed by atoms with Crippen molar-refractivity contribution in [2.45, 2.75) is 46.0 Å². The molecule has 1 saturated heterocycles. The van der Waals surface area contributed by atoms with Gasteiger partial charge in [-0.25, -0.2) is 4.98 Å². The Morgan fingerprint density at radius 2 is 2.26 bits per heavy atom. The van der Waals surface area contributed by atoms with Crippen LogP contribution in [0.3, 0.4) is 0 Å². The Morgan fingerprint density at radius 3 is 3.00 bits per heavy atom. The summed E-state index contributed by atoms with van der Waals surface area (Å²) in [5.41, 5.74) is 1.78. The zero-order valence-electron chi connectivity index (χ0n) is 12.0. The quantitative estimate of drug-likeness (QED) is 0.829. The average molecular weight is 257 g/mol. The molecule has 1 aliphatic rings. The number of nitrogens with zero attached hydrogens (tertiary/aromatic N) is 3. The van der Waals surface area contributed by atoms with Crippen molar-refractivity contribution in [1.29, 1.82) is 5.26 Å². The molecular formula is C16H23N3. The van der Waals surface area contributed by atoms with E-state index >= 15 is 0 Å². The third-order valence-corrected chi connectivity index (χ3v) is 4.10. The van der Waals surface area contributed by atoms with Crippen LogP contribution in [0.2, 0.25) is 0 Å². The summed E-state index contributed by atoms with van der Waals surface area (Å²) >= 11 is 0. The van der Waals surface area contributed by atoms with Gasteiger partial charge >= 0.3 is 0 Å². The monoisotopic (exact) mass is 257 g/mol. The zero-order valence-corrected chi connectivity index (χ0v) is 12.0. The second-order valence-electron chi connectivity index (χ2n) is 5.51. The fourth-order valence-corrected chi connectivity index (χ4v) is 3.00. The molecule has 0 radical (unpaired) electrons. The molecule has 0 bridgehead atoms. The van der Waals surface area contributed by atoms with E-state index < -0.39 is 0 Å². The number of aryl methyl sites for hydroxylation is 1. The van der Waals surface area contributed by atoms with Crippen LogP contribution in [0.4, 0.5) is 5.82 Å². The van der Waals surface area contributed by atoms with Crippen molar-refractivity contribution in [3.63, 3.8) is 0 Å². The Hall–Kier alpha value is -1.56. The predicted octanol–water partition coefficient (Wildman–Crippen LogP) is 3.67. The molecule has 3 nitrogen and oxygen atoms in total. The molecule has 0 spiro atoms. The molecule has 0 N–H and O–H groups in total. The number of hydrogen-bond acceptors (Lipinski definition) is 3. The van der Waals surface area contributed by atoms with Crippen LogP contribution in [0.5, 0.6) is 0 Å². The Morgan fingerprint density at radius 1 is 1.42 bits per heavy atom. The van der Waals surface area contributed by atoms with Crippen LogP contribution in [0, 0.1) is 24.2 Å². The van der Waals surface area contributed by atoms with Crippen LogP contribution in [0.1, 0.15) is 50.2 Å². The number of rotatable bonds is 3. The molecule has 0 amide bonds. The summed E-state index contributed by atoms with van der Waals surface area (Å²) in [7, 11) is 0. The van der Waals surface area contributed by atoms with Gasteiger partial charge in [-0.3, -0.25) is 0 Å². The molecule has 2 heterocycles. The minimum absolute atomic E-state index is 0.747. The molecule has 1 fully saturated rings. The van der Waals surface area contributed by atoms with Gasteiger partial charge in [0.2, 0.25) is 0 Å². The molecule has 19 heavy (non-hydrogen) atoms. The maximum absolute atomic E-state index is 9.32. The summed E-state index contributed by atoms with van der Waals surface area (Å²) in [5.74, 6) is 1.74. The molecular weight excluding hydrogens is 234 g/mol. The Bertz CT molecular complexity index is 462. The summed E-state index contributed by atoms with van der Waals surface area (Å²) in [5, 5.41) is 9.32. The SMILES string of the molecule is CCCC1CCCN(c2nccc(C)c2C#N)CC1. The fraction of sp³-hybridized carbons (Fsp3) is 0.625. The summed E-state index contributed by atoms with van der Waals surface area (Å²) in [6.45, 7) is 6.32. The standard InChI is InChI=1S/C16H23N3/c1-3-5-14-6-4-10-19(11-8-14)16-15(12-17)13(2)7-9-18-16/h7,9,14H,3-6,8,10-11H2,1-2H3. The van der Waals surface area contributed by atoms with E-state index in [1.165, 1.54) is 32.1 Å². The van der Waals surface area contributed by atoms with E-state index in [-0.39, 0.29) is 0 Å². The molecule has 0 aromatic carbocycles. The van der Waals surface area contributed by atoms with Crippen molar-refractivity contribution in [1.82, 2.24) is 4.98 Å². The Kier molecular flexibility index (Phi) is 4.79. The van der Waals surface area contributed by atoms with E-state index in [2.05, 4.69) is 22.9 Å². The van der Waals surface area contributed by atoms with Gasteiger partial charge in [0.05, 0.1) is 5.56 Å². The first kappa shape index (κ1) is 13.9. The molecule has 1 aromatic heterocycles. The highest BCUT2D eigenvalue weighted by atomic mass is 15.2. The lowest BCUT2D eigenvalue weighted by molar-refractivity contribution is 0.435. The van der Waals surface area contributed by atoms with E-state index in [1.807, 2.05) is 19.2 Å². The number of pyridine rings is 1. The van der Waals surface area contributed by atoms with Crippen molar-refractivity contribution < 1.29 is 0 Å². The first-order chi connectivity index (χ1) is 9.26. The van der Waals surface area contributed by atoms with Gasteiger partial charge in [0.25, 0.3) is 0 Å². The molecule has 1 atom stereocenters. The van der Waals surface area contributed by atoms with Crippen molar-refractivity contribution in [3.8, 4) is 6.07 Å². The largest absolute Gasteiger partial charge is 0.356 e. The number of anilines is 1. The third kappa shape index (κ3) is 3.26. The van der Waals surface area contributed by atoms with Crippen LogP contribution in [0.15, 0.2) is 12.3 Å². The molecule has 1 unspecified atom stereocenters. The second kappa shape index (κ2) is 6.56. The lowest BCUT2D eigenvalue weighted by Gasteiger charge is -2.23. The van der Waals surface area contributed by atoms with E-state index in [9.17, 15) is 5.26 Å². The molecule has 2 rings (SSSR count). The van der Waals surface area contributed by atoms with Crippen molar-refractivity contribution in [3.05, 3.63) is 23.4 Å². The smallest absolute Gasteiger partial charge is 0.146 e. The van der Waals surface area contributed by atoms with Crippen molar-refractivity contribution >= 4 is 5.82 Å². The lowest BCUT2D eigenvalue weighted by Crippen LogP contribution is -2.26. The van der Waals surface area contributed by atoms with E-state index in [4.69, 9.17) is 0 Å². The first-order valence-electron chi connectivity index (χ1n) is 7.37. The number of nitriles is 1. The van der Waals surface area contributed by atoms with Crippen LogP contribution in [-0.4, -0.2) is 18.1 Å². The lowest BCUT2D eigenvalue weighted by atomic mass is 9.96. The van der Waals surface area contributed by atoms with E-state index in [0.717, 1.165) is 36.0 Å². The Labute approximate surface area is 116 Å². The van der Waals surface area contributed by atoms with Gasteiger partial charge in [0.1, 0.15) is 11.9 Å². The van der Waals surface area contributed by atoms with Crippen LogP contribution in [-0.2, 0) is 0 Å². The highest BCUT2D eigenvalue weighted by molar-refractivity contribution is 5.57. The highest BCUT2D eigenvalue weighted by Gasteiger charge is 2.20. The predicted molar refractivity (Wildman–Crippen MR) is 78.2 cm³/mol. The summed E-state index contributed by atoms with van der Waals surface area (Å²) in [6, 6.07) is 4.23. The van der Waals surface area contributed by atoms with Crippen LogP contribution in [0.25, 0.3) is 0 Å². The first-order valence-corrected chi connectivity index (χ1v) is 7.37. The molecule has 0 saturated carbocycles. The van der Waals surface area contributed by atoms with E-state index in [1.54, 1.807) is 0 Å².